The van der Waals surface area contributed by atoms with Gasteiger partial charge in [0.05, 0.1) is 0 Å². The van der Waals surface area contributed by atoms with E-state index in [2.05, 4.69) is 50.0 Å². The van der Waals surface area contributed by atoms with Gasteiger partial charge in [0, 0.05) is 0 Å². The van der Waals surface area contributed by atoms with Crippen molar-refractivity contribution in [3.8, 4) is 11.8 Å². The average molecular weight is 341 g/mol. The van der Waals surface area contributed by atoms with Crippen LogP contribution in [0.15, 0.2) is 24.3 Å². The van der Waals surface area contributed by atoms with E-state index in [-0.39, 0.29) is 0 Å². The topological polar surface area (TPSA) is 0 Å². The molecule has 0 saturated heterocycles. The van der Waals surface area contributed by atoms with Gasteiger partial charge in [0.2, 0.25) is 0 Å². The van der Waals surface area contributed by atoms with Crippen LogP contribution < -0.4 is 0 Å². The van der Waals surface area contributed by atoms with E-state index < -0.39 is 0 Å². The van der Waals surface area contributed by atoms with E-state index >= 15 is 0 Å². The summed E-state index contributed by atoms with van der Waals surface area (Å²) in [6, 6.07) is 0. The molecule has 0 heterocycles. The molecule has 2 aliphatic carbocycles. The van der Waals surface area contributed by atoms with E-state index in [1.165, 1.54) is 83.5 Å². The second-order valence-corrected chi connectivity index (χ2v) is 8.50. The molecule has 0 atom stereocenters. The first-order valence-electron chi connectivity index (χ1n) is 11.2. The fourth-order valence-electron chi connectivity index (χ4n) is 4.70. The van der Waals surface area contributed by atoms with Crippen molar-refractivity contribution in [1.29, 1.82) is 0 Å². The maximum Gasteiger partial charge on any atom is -0.0153 e. The average Bonchev–Trinajstić information content (AvgIpc) is 2.65. The van der Waals surface area contributed by atoms with Crippen LogP contribution in [0.2, 0.25) is 0 Å². The van der Waals surface area contributed by atoms with Gasteiger partial charge >= 0.3 is 0 Å². The Kier molecular flexibility index (Phi) is 10.1. The van der Waals surface area contributed by atoms with Crippen molar-refractivity contribution < 1.29 is 0 Å². The minimum absolute atomic E-state index is 0.782. The number of unbranched alkanes of at least 4 members (excludes halogenated alkanes) is 1. The zero-order valence-electron chi connectivity index (χ0n) is 16.8. The highest BCUT2D eigenvalue weighted by Gasteiger charge is 2.19. The molecule has 140 valence electrons. The molecule has 2 saturated carbocycles. The molecule has 0 amide bonds. The fraction of sp³-hybridized carbons (Fsp3) is 0.760. The predicted octanol–water partition coefficient (Wildman–Crippen LogP) is 7.71. The Morgan fingerprint density at radius 2 is 1.12 bits per heavy atom. The van der Waals surface area contributed by atoms with Crippen molar-refractivity contribution in [2.45, 2.75) is 97.3 Å². The molecule has 2 rings (SSSR count). The van der Waals surface area contributed by atoms with Crippen molar-refractivity contribution in [1.82, 2.24) is 0 Å². The van der Waals surface area contributed by atoms with Gasteiger partial charge in [-0.05, 0) is 87.2 Å². The van der Waals surface area contributed by atoms with Crippen molar-refractivity contribution in [3.05, 3.63) is 24.3 Å². The van der Waals surface area contributed by atoms with Gasteiger partial charge in [-0.2, -0.15) is 0 Å². The lowest BCUT2D eigenvalue weighted by Crippen LogP contribution is -2.12. The van der Waals surface area contributed by atoms with Gasteiger partial charge < -0.3 is 0 Å². The Bertz CT molecular complexity index is 442. The quantitative estimate of drug-likeness (QED) is 0.416. The molecule has 0 radical (unpaired) electrons. The molecule has 25 heavy (non-hydrogen) atoms. The van der Waals surface area contributed by atoms with Gasteiger partial charge in [-0.25, -0.2) is 0 Å². The Morgan fingerprint density at radius 1 is 0.640 bits per heavy atom. The third-order valence-corrected chi connectivity index (χ3v) is 6.43. The Morgan fingerprint density at radius 3 is 1.56 bits per heavy atom. The molecular weight excluding hydrogens is 300 g/mol. The summed E-state index contributed by atoms with van der Waals surface area (Å²) in [5, 5.41) is 0. The fourth-order valence-corrected chi connectivity index (χ4v) is 4.70. The first kappa shape index (κ1) is 20.4. The first-order chi connectivity index (χ1) is 12.3. The summed E-state index contributed by atoms with van der Waals surface area (Å²) < 4.78 is 0. The predicted molar refractivity (Wildman–Crippen MR) is 111 cm³/mol. The molecule has 0 bridgehead atoms. The second-order valence-electron chi connectivity index (χ2n) is 8.50. The molecule has 0 unspecified atom stereocenters. The summed E-state index contributed by atoms with van der Waals surface area (Å²) in [4.78, 5) is 0. The van der Waals surface area contributed by atoms with E-state index in [1.807, 2.05) is 0 Å². The van der Waals surface area contributed by atoms with Crippen LogP contribution >= 0.6 is 0 Å². The summed E-state index contributed by atoms with van der Waals surface area (Å²) in [6.07, 6.45) is 27.2. The largest absolute Gasteiger partial charge is 0.0730 e. The van der Waals surface area contributed by atoms with Gasteiger partial charge in [0.15, 0.2) is 0 Å². The van der Waals surface area contributed by atoms with Crippen LogP contribution in [0.25, 0.3) is 0 Å². The lowest BCUT2D eigenvalue weighted by molar-refractivity contribution is 0.291. The highest BCUT2D eigenvalue weighted by Crippen LogP contribution is 2.33. The maximum absolute atomic E-state index is 3.23. The highest BCUT2D eigenvalue weighted by atomic mass is 14.2. The molecule has 0 aromatic carbocycles. The van der Waals surface area contributed by atoms with Gasteiger partial charge in [-0.3, -0.25) is 0 Å². The van der Waals surface area contributed by atoms with E-state index in [0.717, 1.165) is 23.7 Å². The summed E-state index contributed by atoms with van der Waals surface area (Å²) in [6.45, 7) is 4.62. The normalized spacial score (nSPS) is 30.5. The first-order valence-corrected chi connectivity index (χ1v) is 11.2. The SMILES string of the molecule is CCCC[C@H]1CC[C@H](C=CC#CC=C[C@H]2CC[C@H](CCC)CC2)CC1. The molecule has 0 heteroatoms. The van der Waals surface area contributed by atoms with Crippen LogP contribution in [0.1, 0.15) is 97.3 Å². The lowest BCUT2D eigenvalue weighted by Gasteiger charge is -2.26. The van der Waals surface area contributed by atoms with Crippen LogP contribution in [0, 0.1) is 35.5 Å². The molecule has 2 fully saturated rings. The van der Waals surface area contributed by atoms with E-state index in [9.17, 15) is 0 Å². The molecule has 0 spiro atoms. The molecular formula is C25H40. The molecule has 0 aliphatic heterocycles. The van der Waals surface area contributed by atoms with Crippen LogP contribution in [0.3, 0.4) is 0 Å². The van der Waals surface area contributed by atoms with Gasteiger partial charge in [0.1, 0.15) is 0 Å². The third kappa shape index (κ3) is 8.31. The van der Waals surface area contributed by atoms with E-state index in [0.29, 0.717) is 0 Å². The summed E-state index contributed by atoms with van der Waals surface area (Å²) in [5.74, 6) is 10.0. The Balaban J connectivity index is 1.60. The van der Waals surface area contributed by atoms with Crippen molar-refractivity contribution in [2.24, 2.45) is 23.7 Å². The zero-order chi connectivity index (χ0) is 17.7. The van der Waals surface area contributed by atoms with E-state index in [4.69, 9.17) is 0 Å². The summed E-state index contributed by atoms with van der Waals surface area (Å²) in [7, 11) is 0. The summed E-state index contributed by atoms with van der Waals surface area (Å²) >= 11 is 0. The van der Waals surface area contributed by atoms with Gasteiger partial charge in [-0.1, -0.05) is 69.9 Å². The number of hydrogen-bond donors (Lipinski definition) is 0. The number of allylic oxidation sites excluding steroid dienone is 4. The van der Waals surface area contributed by atoms with Crippen LogP contribution in [-0.4, -0.2) is 0 Å². The van der Waals surface area contributed by atoms with Gasteiger partial charge in [-0.15, -0.1) is 0 Å². The van der Waals surface area contributed by atoms with Crippen molar-refractivity contribution >= 4 is 0 Å². The standard InChI is InChI=1S/C25H40/c1-3-5-11-23-18-20-25(21-19-23)13-9-7-6-8-12-24-16-14-22(10-4-2)15-17-24/h8-9,12-13,22-25H,3-5,10-11,14-21H2,1-2H3/t22-,23-,24-,25-. The third-order valence-electron chi connectivity index (χ3n) is 6.43. The van der Waals surface area contributed by atoms with Crippen LogP contribution in [0.4, 0.5) is 0 Å². The van der Waals surface area contributed by atoms with Crippen LogP contribution in [0.5, 0.6) is 0 Å². The Hall–Kier alpha value is -0.960. The van der Waals surface area contributed by atoms with Gasteiger partial charge in [0.25, 0.3) is 0 Å². The monoisotopic (exact) mass is 340 g/mol. The smallest absolute Gasteiger partial charge is 0.0153 e. The molecule has 0 aromatic heterocycles. The molecule has 0 aromatic rings. The molecule has 0 N–H and O–H groups in total. The van der Waals surface area contributed by atoms with Crippen molar-refractivity contribution in [3.63, 3.8) is 0 Å². The lowest BCUT2D eigenvalue weighted by atomic mass is 9.80. The zero-order valence-corrected chi connectivity index (χ0v) is 16.8. The minimum Gasteiger partial charge on any atom is -0.0730 e. The number of hydrogen-bond acceptors (Lipinski definition) is 0. The minimum atomic E-state index is 0.782. The van der Waals surface area contributed by atoms with E-state index in [1.54, 1.807) is 0 Å². The van der Waals surface area contributed by atoms with Crippen LogP contribution in [-0.2, 0) is 0 Å². The molecule has 2 aliphatic rings. The number of rotatable bonds is 7. The highest BCUT2D eigenvalue weighted by molar-refractivity contribution is 5.24. The Labute approximate surface area is 157 Å². The molecule has 0 nitrogen and oxygen atoms in total. The summed E-state index contributed by atoms with van der Waals surface area (Å²) in [5.41, 5.74) is 0. The maximum atomic E-state index is 3.23. The second kappa shape index (κ2) is 12.4. The van der Waals surface area contributed by atoms with Crippen molar-refractivity contribution in [2.75, 3.05) is 0 Å².